The monoisotopic (exact) mass is 289 g/mol. The lowest BCUT2D eigenvalue weighted by atomic mass is 10.1. The summed E-state index contributed by atoms with van der Waals surface area (Å²) in [6.07, 6.45) is 1.54. The first-order valence-electron chi connectivity index (χ1n) is 6.30. The Morgan fingerprint density at radius 3 is 2.67 bits per heavy atom. The lowest BCUT2D eigenvalue weighted by molar-refractivity contribution is -0.139. The van der Waals surface area contributed by atoms with Gasteiger partial charge in [-0.1, -0.05) is 30.3 Å². The molecule has 8 heteroatoms. The van der Waals surface area contributed by atoms with Crippen LogP contribution in [0.5, 0.6) is 0 Å². The van der Waals surface area contributed by atoms with Gasteiger partial charge in [-0.25, -0.2) is 14.6 Å². The van der Waals surface area contributed by atoms with E-state index < -0.39 is 18.0 Å². The minimum absolute atomic E-state index is 0.142. The number of rotatable bonds is 6. The number of carboxylic acid groups (broad SMARTS) is 1. The van der Waals surface area contributed by atoms with Crippen LogP contribution < -0.4 is 10.6 Å². The van der Waals surface area contributed by atoms with Gasteiger partial charge in [-0.15, -0.1) is 0 Å². The third-order valence-electron chi connectivity index (χ3n) is 2.77. The van der Waals surface area contributed by atoms with E-state index in [1.54, 1.807) is 0 Å². The summed E-state index contributed by atoms with van der Waals surface area (Å²) in [5.74, 6) is -0.603. The number of benzene rings is 1. The van der Waals surface area contributed by atoms with E-state index in [4.69, 9.17) is 5.11 Å². The van der Waals surface area contributed by atoms with Crippen LogP contribution in [0, 0.1) is 0 Å². The molecule has 0 spiro atoms. The Labute approximate surface area is 120 Å². The van der Waals surface area contributed by atoms with Crippen molar-refractivity contribution >= 4 is 12.0 Å². The van der Waals surface area contributed by atoms with Crippen molar-refractivity contribution in [1.82, 2.24) is 25.8 Å². The summed E-state index contributed by atoms with van der Waals surface area (Å²) in [6.45, 7) is 0.142. The predicted octanol–water partition coefficient (Wildman–Crippen LogP) is 0.300. The van der Waals surface area contributed by atoms with Gasteiger partial charge < -0.3 is 15.7 Å². The average Bonchev–Trinajstić information content (AvgIpc) is 2.99. The number of aromatic amines is 1. The molecule has 0 aliphatic rings. The fraction of sp³-hybridized carbons (Fsp3) is 0.231. The van der Waals surface area contributed by atoms with Crippen LogP contribution in [0.4, 0.5) is 4.79 Å². The fourth-order valence-corrected chi connectivity index (χ4v) is 1.74. The van der Waals surface area contributed by atoms with E-state index in [0.717, 1.165) is 5.56 Å². The summed E-state index contributed by atoms with van der Waals surface area (Å²) in [5.41, 5.74) is 0.834. The molecular weight excluding hydrogens is 274 g/mol. The molecule has 1 unspecified atom stereocenters. The Kier molecular flexibility index (Phi) is 4.86. The lowest BCUT2D eigenvalue weighted by Gasteiger charge is -2.15. The number of nitrogens with one attached hydrogen (secondary N) is 3. The quantitative estimate of drug-likeness (QED) is 0.609. The Morgan fingerprint density at radius 2 is 2.05 bits per heavy atom. The minimum Gasteiger partial charge on any atom is -0.480 e. The Balaban J connectivity index is 1.87. The van der Waals surface area contributed by atoms with Gasteiger partial charge in [0, 0.05) is 6.42 Å². The predicted molar refractivity (Wildman–Crippen MR) is 73.3 cm³/mol. The first kappa shape index (κ1) is 14.5. The lowest BCUT2D eigenvalue weighted by Crippen LogP contribution is -2.47. The third-order valence-corrected chi connectivity index (χ3v) is 2.77. The molecule has 1 atom stereocenters. The molecule has 110 valence electrons. The van der Waals surface area contributed by atoms with Gasteiger partial charge in [0.1, 0.15) is 18.2 Å². The van der Waals surface area contributed by atoms with E-state index in [2.05, 4.69) is 25.8 Å². The van der Waals surface area contributed by atoms with Crippen molar-refractivity contribution in [2.75, 3.05) is 0 Å². The highest BCUT2D eigenvalue weighted by molar-refractivity contribution is 5.82. The maximum atomic E-state index is 11.7. The molecule has 0 saturated heterocycles. The van der Waals surface area contributed by atoms with Crippen molar-refractivity contribution in [2.24, 2.45) is 0 Å². The number of urea groups is 1. The number of amides is 2. The second kappa shape index (κ2) is 7.04. The second-order valence-corrected chi connectivity index (χ2v) is 4.34. The van der Waals surface area contributed by atoms with Crippen LogP contribution in [0.1, 0.15) is 11.4 Å². The van der Waals surface area contributed by atoms with E-state index in [-0.39, 0.29) is 13.0 Å². The summed E-state index contributed by atoms with van der Waals surface area (Å²) >= 11 is 0. The molecule has 0 fully saturated rings. The molecule has 1 heterocycles. The number of aromatic nitrogens is 3. The average molecular weight is 289 g/mol. The number of nitrogens with zero attached hydrogens (tertiary/aromatic N) is 2. The third kappa shape index (κ3) is 4.60. The number of H-pyrrole nitrogens is 1. The van der Waals surface area contributed by atoms with Gasteiger partial charge in [-0.3, -0.25) is 5.10 Å². The molecule has 2 amide bonds. The Bertz CT molecular complexity index is 585. The van der Waals surface area contributed by atoms with Crippen LogP contribution in [-0.4, -0.2) is 38.3 Å². The fourth-order valence-electron chi connectivity index (χ4n) is 1.74. The number of aliphatic carboxylic acids is 1. The van der Waals surface area contributed by atoms with Crippen LogP contribution in [0.2, 0.25) is 0 Å². The highest BCUT2D eigenvalue weighted by atomic mass is 16.4. The van der Waals surface area contributed by atoms with Crippen molar-refractivity contribution in [3.05, 3.63) is 48.0 Å². The number of hydrogen-bond donors (Lipinski definition) is 4. The Morgan fingerprint density at radius 1 is 1.29 bits per heavy atom. The van der Waals surface area contributed by atoms with Crippen LogP contribution in [0.15, 0.2) is 36.7 Å². The molecule has 1 aromatic carbocycles. The smallest absolute Gasteiger partial charge is 0.326 e. The van der Waals surface area contributed by atoms with Crippen molar-refractivity contribution in [2.45, 2.75) is 19.0 Å². The topological polar surface area (TPSA) is 120 Å². The maximum absolute atomic E-state index is 11.7. The summed E-state index contributed by atoms with van der Waals surface area (Å²) in [5, 5.41) is 20.3. The number of hydrogen-bond acceptors (Lipinski definition) is 4. The summed E-state index contributed by atoms with van der Waals surface area (Å²) in [6, 6.07) is 7.53. The molecule has 1 aromatic heterocycles. The van der Waals surface area contributed by atoms with Gasteiger partial charge in [-0.05, 0) is 5.56 Å². The van der Waals surface area contributed by atoms with Gasteiger partial charge in [-0.2, -0.15) is 5.10 Å². The highest BCUT2D eigenvalue weighted by Crippen LogP contribution is 2.03. The van der Waals surface area contributed by atoms with Crippen molar-refractivity contribution in [3.63, 3.8) is 0 Å². The van der Waals surface area contributed by atoms with E-state index >= 15 is 0 Å². The van der Waals surface area contributed by atoms with Crippen LogP contribution in [-0.2, 0) is 17.8 Å². The van der Waals surface area contributed by atoms with Crippen molar-refractivity contribution < 1.29 is 14.7 Å². The van der Waals surface area contributed by atoms with E-state index in [0.29, 0.717) is 5.82 Å². The zero-order valence-electron chi connectivity index (χ0n) is 11.1. The normalized spacial score (nSPS) is 11.6. The zero-order chi connectivity index (χ0) is 15.1. The number of carbonyl (C=O) groups is 2. The number of carbonyl (C=O) groups excluding carboxylic acids is 1. The Hall–Kier alpha value is -2.90. The van der Waals surface area contributed by atoms with Crippen LogP contribution >= 0.6 is 0 Å². The molecule has 2 rings (SSSR count). The molecule has 0 saturated carbocycles. The van der Waals surface area contributed by atoms with Gasteiger partial charge in [0.05, 0.1) is 6.54 Å². The van der Waals surface area contributed by atoms with Gasteiger partial charge in [0.25, 0.3) is 0 Å². The molecular formula is C13H15N5O3. The second-order valence-electron chi connectivity index (χ2n) is 4.34. The van der Waals surface area contributed by atoms with Crippen molar-refractivity contribution in [3.8, 4) is 0 Å². The van der Waals surface area contributed by atoms with E-state index in [1.807, 2.05) is 30.3 Å². The molecule has 21 heavy (non-hydrogen) atoms. The van der Waals surface area contributed by atoms with Gasteiger partial charge in [0.15, 0.2) is 0 Å². The molecule has 0 radical (unpaired) electrons. The minimum atomic E-state index is -1.09. The molecule has 2 aromatic rings. The molecule has 8 nitrogen and oxygen atoms in total. The zero-order valence-corrected chi connectivity index (χ0v) is 11.1. The maximum Gasteiger partial charge on any atom is 0.326 e. The molecule has 4 N–H and O–H groups in total. The highest BCUT2D eigenvalue weighted by Gasteiger charge is 2.20. The first-order valence-corrected chi connectivity index (χ1v) is 6.30. The molecule has 0 bridgehead atoms. The summed E-state index contributed by atoms with van der Waals surface area (Å²) in [4.78, 5) is 26.7. The van der Waals surface area contributed by atoms with Crippen molar-refractivity contribution in [1.29, 1.82) is 0 Å². The molecule has 0 aliphatic heterocycles. The van der Waals surface area contributed by atoms with Crippen LogP contribution in [0.3, 0.4) is 0 Å². The van der Waals surface area contributed by atoms with Gasteiger partial charge >= 0.3 is 12.0 Å². The largest absolute Gasteiger partial charge is 0.480 e. The first-order chi connectivity index (χ1) is 10.1. The van der Waals surface area contributed by atoms with E-state index in [9.17, 15) is 9.59 Å². The van der Waals surface area contributed by atoms with Gasteiger partial charge in [0.2, 0.25) is 0 Å². The van der Waals surface area contributed by atoms with E-state index in [1.165, 1.54) is 6.33 Å². The SMILES string of the molecule is O=C(NCc1ncn[nH]1)NC(Cc1ccccc1)C(=O)O. The molecule has 0 aliphatic carbocycles. The standard InChI is InChI=1S/C13H15N5O3/c19-12(20)10(6-9-4-2-1-3-5-9)17-13(21)14-7-11-15-8-16-18-11/h1-5,8,10H,6-7H2,(H,19,20)(H2,14,17,21)(H,15,16,18). The summed E-state index contributed by atoms with van der Waals surface area (Å²) < 4.78 is 0. The number of carboxylic acids is 1. The van der Waals surface area contributed by atoms with Crippen LogP contribution in [0.25, 0.3) is 0 Å². The summed E-state index contributed by atoms with van der Waals surface area (Å²) in [7, 11) is 0.